The van der Waals surface area contributed by atoms with Crippen molar-refractivity contribution in [1.29, 1.82) is 0 Å². The molecule has 5 heteroatoms. The minimum absolute atomic E-state index is 0.617. The lowest BCUT2D eigenvalue weighted by Gasteiger charge is -2.04. The lowest BCUT2D eigenvalue weighted by molar-refractivity contribution is 0.415. The van der Waals surface area contributed by atoms with Gasteiger partial charge < -0.3 is 10.5 Å². The van der Waals surface area contributed by atoms with Crippen molar-refractivity contribution in [3.05, 3.63) is 41.0 Å². The van der Waals surface area contributed by atoms with Crippen molar-refractivity contribution in [1.82, 2.24) is 9.38 Å². The van der Waals surface area contributed by atoms with Crippen molar-refractivity contribution in [2.75, 3.05) is 13.7 Å². The number of aromatic nitrogens is 2. The zero-order valence-electron chi connectivity index (χ0n) is 11.6. The van der Waals surface area contributed by atoms with Crippen molar-refractivity contribution < 1.29 is 4.74 Å². The van der Waals surface area contributed by atoms with Gasteiger partial charge in [0.15, 0.2) is 4.96 Å². The van der Waals surface area contributed by atoms with E-state index in [0.717, 1.165) is 28.4 Å². The SMILES string of the molecule is COc1ccc(-c2nc3sc(C)cn3c2CCN)cc1. The van der Waals surface area contributed by atoms with Gasteiger partial charge >= 0.3 is 0 Å². The van der Waals surface area contributed by atoms with Crippen molar-refractivity contribution in [3.63, 3.8) is 0 Å². The van der Waals surface area contributed by atoms with Crippen LogP contribution in [0.2, 0.25) is 0 Å². The average molecular weight is 287 g/mol. The van der Waals surface area contributed by atoms with E-state index >= 15 is 0 Å². The van der Waals surface area contributed by atoms with Gasteiger partial charge in [-0.2, -0.15) is 0 Å². The molecule has 0 aliphatic heterocycles. The minimum Gasteiger partial charge on any atom is -0.497 e. The summed E-state index contributed by atoms with van der Waals surface area (Å²) in [4.78, 5) is 7.04. The van der Waals surface area contributed by atoms with Gasteiger partial charge in [0.1, 0.15) is 5.75 Å². The molecule has 0 unspecified atom stereocenters. The molecule has 0 saturated carbocycles. The van der Waals surface area contributed by atoms with Gasteiger partial charge in [0, 0.05) is 23.1 Å². The van der Waals surface area contributed by atoms with Crippen molar-refractivity contribution in [3.8, 4) is 17.0 Å². The summed E-state index contributed by atoms with van der Waals surface area (Å²) in [5.41, 5.74) is 9.05. The average Bonchev–Trinajstić information content (AvgIpc) is 2.97. The predicted octanol–water partition coefficient (Wildman–Crippen LogP) is 2.88. The summed E-state index contributed by atoms with van der Waals surface area (Å²) in [6, 6.07) is 8.00. The summed E-state index contributed by atoms with van der Waals surface area (Å²) < 4.78 is 7.36. The fraction of sp³-hybridized carbons (Fsp3) is 0.267. The highest BCUT2D eigenvalue weighted by molar-refractivity contribution is 7.17. The Hall–Kier alpha value is -1.85. The first-order valence-electron chi connectivity index (χ1n) is 6.55. The first-order valence-corrected chi connectivity index (χ1v) is 7.36. The first kappa shape index (κ1) is 13.1. The van der Waals surface area contributed by atoms with Crippen LogP contribution in [-0.4, -0.2) is 23.0 Å². The molecule has 104 valence electrons. The van der Waals surface area contributed by atoms with Crippen LogP contribution >= 0.6 is 11.3 Å². The van der Waals surface area contributed by atoms with Gasteiger partial charge in [-0.3, -0.25) is 4.40 Å². The molecule has 0 spiro atoms. The Morgan fingerprint density at radius 1 is 1.30 bits per heavy atom. The number of hydrogen-bond donors (Lipinski definition) is 1. The summed E-state index contributed by atoms with van der Waals surface area (Å²) in [6.45, 7) is 2.71. The maximum absolute atomic E-state index is 5.75. The van der Waals surface area contributed by atoms with Gasteiger partial charge in [-0.25, -0.2) is 4.98 Å². The second-order valence-electron chi connectivity index (χ2n) is 4.67. The molecule has 0 amide bonds. The van der Waals surface area contributed by atoms with E-state index in [-0.39, 0.29) is 0 Å². The Balaban J connectivity index is 2.13. The van der Waals surface area contributed by atoms with Crippen molar-refractivity contribution >= 4 is 16.3 Å². The van der Waals surface area contributed by atoms with E-state index in [0.29, 0.717) is 6.54 Å². The summed E-state index contributed by atoms with van der Waals surface area (Å²) in [6.07, 6.45) is 2.95. The van der Waals surface area contributed by atoms with Crippen LogP contribution in [0.4, 0.5) is 0 Å². The third-order valence-electron chi connectivity index (χ3n) is 3.29. The van der Waals surface area contributed by atoms with E-state index in [4.69, 9.17) is 15.5 Å². The number of ether oxygens (including phenoxy) is 1. The van der Waals surface area contributed by atoms with Gasteiger partial charge in [-0.1, -0.05) is 0 Å². The van der Waals surface area contributed by atoms with Crippen LogP contribution in [0.5, 0.6) is 5.75 Å². The van der Waals surface area contributed by atoms with Crippen LogP contribution < -0.4 is 10.5 Å². The second kappa shape index (κ2) is 5.26. The largest absolute Gasteiger partial charge is 0.497 e. The topological polar surface area (TPSA) is 52.5 Å². The number of thiazole rings is 1. The van der Waals surface area contributed by atoms with Crippen LogP contribution in [-0.2, 0) is 6.42 Å². The molecule has 0 saturated heterocycles. The highest BCUT2D eigenvalue weighted by Gasteiger charge is 2.15. The van der Waals surface area contributed by atoms with Gasteiger partial charge in [0.2, 0.25) is 0 Å². The zero-order valence-corrected chi connectivity index (χ0v) is 12.4. The number of benzene rings is 1. The number of imidazole rings is 1. The second-order valence-corrected chi connectivity index (χ2v) is 5.88. The van der Waals surface area contributed by atoms with Crippen molar-refractivity contribution in [2.24, 2.45) is 5.73 Å². The number of nitrogens with two attached hydrogens (primary N) is 1. The molecule has 20 heavy (non-hydrogen) atoms. The smallest absolute Gasteiger partial charge is 0.194 e. The normalized spacial score (nSPS) is 11.2. The molecule has 3 aromatic rings. The maximum atomic E-state index is 5.75. The Morgan fingerprint density at radius 3 is 2.70 bits per heavy atom. The molecule has 3 rings (SSSR count). The van der Waals surface area contributed by atoms with Crippen LogP contribution in [0.3, 0.4) is 0 Å². The van der Waals surface area contributed by atoms with E-state index in [1.807, 2.05) is 24.3 Å². The standard InChI is InChI=1S/C15H17N3OS/c1-10-9-18-13(7-8-16)14(17-15(18)20-10)11-3-5-12(19-2)6-4-11/h3-6,9H,7-8,16H2,1-2H3. The Kier molecular flexibility index (Phi) is 3.46. The third kappa shape index (κ3) is 2.19. The molecule has 0 atom stereocenters. The van der Waals surface area contributed by atoms with Crippen LogP contribution in [0, 0.1) is 6.92 Å². The monoisotopic (exact) mass is 287 g/mol. The van der Waals surface area contributed by atoms with Gasteiger partial charge in [-0.05, 0) is 37.7 Å². The van der Waals surface area contributed by atoms with E-state index in [9.17, 15) is 0 Å². The van der Waals surface area contributed by atoms with Crippen LogP contribution in [0.25, 0.3) is 16.2 Å². The third-order valence-corrected chi connectivity index (χ3v) is 4.18. The molecule has 0 bridgehead atoms. The fourth-order valence-corrected chi connectivity index (χ4v) is 3.20. The number of methoxy groups -OCH3 is 1. The zero-order chi connectivity index (χ0) is 14.1. The molecular formula is C15H17N3OS. The van der Waals surface area contributed by atoms with Crippen LogP contribution in [0.1, 0.15) is 10.6 Å². The summed E-state index contributed by atoms with van der Waals surface area (Å²) >= 11 is 1.70. The Morgan fingerprint density at radius 2 is 2.05 bits per heavy atom. The highest BCUT2D eigenvalue weighted by Crippen LogP contribution is 2.29. The quantitative estimate of drug-likeness (QED) is 0.802. The predicted molar refractivity (Wildman–Crippen MR) is 82.6 cm³/mol. The molecule has 0 fully saturated rings. The van der Waals surface area contributed by atoms with Gasteiger partial charge in [0.05, 0.1) is 18.5 Å². The Bertz CT molecular complexity index is 727. The molecule has 2 aromatic heterocycles. The lowest BCUT2D eigenvalue weighted by atomic mass is 10.1. The van der Waals surface area contributed by atoms with E-state index in [1.165, 1.54) is 10.6 Å². The van der Waals surface area contributed by atoms with Crippen molar-refractivity contribution in [2.45, 2.75) is 13.3 Å². The van der Waals surface area contributed by atoms with Crippen LogP contribution in [0.15, 0.2) is 30.5 Å². The fourth-order valence-electron chi connectivity index (χ4n) is 2.36. The molecule has 2 N–H and O–H groups in total. The van der Waals surface area contributed by atoms with E-state index < -0.39 is 0 Å². The summed E-state index contributed by atoms with van der Waals surface area (Å²) in [7, 11) is 1.67. The Labute approximate surface area is 121 Å². The lowest BCUT2D eigenvalue weighted by Crippen LogP contribution is -2.05. The number of nitrogens with zero attached hydrogens (tertiary/aromatic N) is 2. The summed E-state index contributed by atoms with van der Waals surface area (Å²) in [5, 5.41) is 0. The molecule has 4 nitrogen and oxygen atoms in total. The van der Waals surface area contributed by atoms with E-state index in [1.54, 1.807) is 18.4 Å². The molecular weight excluding hydrogens is 270 g/mol. The highest BCUT2D eigenvalue weighted by atomic mass is 32.1. The summed E-state index contributed by atoms with van der Waals surface area (Å²) in [5.74, 6) is 0.853. The van der Waals surface area contributed by atoms with Gasteiger partial charge in [0.25, 0.3) is 0 Å². The number of fused-ring (bicyclic) bond motifs is 1. The molecule has 0 aliphatic rings. The molecule has 1 aromatic carbocycles. The minimum atomic E-state index is 0.617. The van der Waals surface area contributed by atoms with Gasteiger partial charge in [-0.15, -0.1) is 11.3 Å². The molecule has 0 radical (unpaired) electrons. The number of aryl methyl sites for hydroxylation is 1. The maximum Gasteiger partial charge on any atom is 0.194 e. The van der Waals surface area contributed by atoms with E-state index in [2.05, 4.69) is 17.5 Å². The molecule has 0 aliphatic carbocycles. The molecule has 2 heterocycles. The number of rotatable bonds is 4. The number of hydrogen-bond acceptors (Lipinski definition) is 4. The first-order chi connectivity index (χ1) is 9.72.